The van der Waals surface area contributed by atoms with Crippen LogP contribution in [-0.4, -0.2) is 48.8 Å². The van der Waals surface area contributed by atoms with Gasteiger partial charge in [0.1, 0.15) is 0 Å². The molecule has 138 valence electrons. The average molecular weight is 478 g/mol. The normalized spacial score (nSPS) is 11.6. The molecule has 1 aromatic heterocycles. The van der Waals surface area contributed by atoms with Crippen molar-refractivity contribution >= 4 is 41.7 Å². The van der Waals surface area contributed by atoms with E-state index in [1.165, 1.54) is 12.3 Å². The number of nitrogens with one attached hydrogen (secondary N) is 2. The molecule has 0 saturated carbocycles. The minimum Gasteiger partial charge on any atom is -0.468 e. The van der Waals surface area contributed by atoms with Crippen LogP contribution >= 0.6 is 35.7 Å². The van der Waals surface area contributed by atoms with Crippen LogP contribution in [0.2, 0.25) is 0 Å². The van der Waals surface area contributed by atoms with Crippen LogP contribution in [0.4, 0.5) is 13.2 Å². The molecular weight excluding hydrogens is 456 g/mol. The van der Waals surface area contributed by atoms with E-state index < -0.39 is 12.8 Å². The van der Waals surface area contributed by atoms with Crippen molar-refractivity contribution in [2.45, 2.75) is 19.6 Å². The van der Waals surface area contributed by atoms with Gasteiger partial charge in [-0.2, -0.15) is 24.9 Å². The number of ether oxygens (including phenoxy) is 1. The first kappa shape index (κ1) is 23.1. The smallest absolute Gasteiger partial charge is 0.422 e. The molecule has 0 bridgehead atoms. The molecule has 0 unspecified atom stereocenters. The molecule has 1 rings (SSSR count). The van der Waals surface area contributed by atoms with E-state index in [1.807, 2.05) is 13.2 Å². The van der Waals surface area contributed by atoms with Crippen molar-refractivity contribution in [3.63, 3.8) is 0 Å². The molecule has 1 heterocycles. The molecular formula is C14H22F3IN4OS. The van der Waals surface area contributed by atoms with E-state index in [1.54, 1.807) is 17.8 Å². The fourth-order valence-electron chi connectivity index (χ4n) is 1.57. The van der Waals surface area contributed by atoms with Gasteiger partial charge in [0.05, 0.1) is 6.54 Å². The number of hydrogen-bond acceptors (Lipinski definition) is 4. The van der Waals surface area contributed by atoms with Gasteiger partial charge in [-0.25, -0.2) is 9.98 Å². The van der Waals surface area contributed by atoms with Crippen molar-refractivity contribution in [3.05, 3.63) is 23.9 Å². The molecule has 1 aromatic rings. The Labute approximate surface area is 161 Å². The van der Waals surface area contributed by atoms with Gasteiger partial charge in [-0.1, -0.05) is 0 Å². The molecule has 0 aliphatic heterocycles. The summed E-state index contributed by atoms with van der Waals surface area (Å²) >= 11 is 1.72. The zero-order valence-corrected chi connectivity index (χ0v) is 16.7. The molecule has 0 aliphatic carbocycles. The lowest BCUT2D eigenvalue weighted by molar-refractivity contribution is -0.154. The molecule has 0 radical (unpaired) electrons. The Morgan fingerprint density at radius 3 is 2.75 bits per heavy atom. The molecule has 0 saturated heterocycles. The number of rotatable bonds is 8. The number of nitrogens with zero attached hydrogens (tertiary/aromatic N) is 2. The number of halogens is 4. The zero-order chi connectivity index (χ0) is 17.1. The Morgan fingerprint density at radius 1 is 1.38 bits per heavy atom. The van der Waals surface area contributed by atoms with Crippen LogP contribution < -0.4 is 15.4 Å². The molecule has 24 heavy (non-hydrogen) atoms. The molecule has 0 aromatic carbocycles. The topological polar surface area (TPSA) is 58.5 Å². The van der Waals surface area contributed by atoms with E-state index in [0.29, 0.717) is 12.5 Å². The standard InChI is InChI=1S/C14H21F3N4OS.HI/c1-3-18-13(20-6-7-23-2)21-9-11-4-5-19-12(8-11)22-10-14(15,16)17;/h4-5,8H,3,6-7,9-10H2,1-2H3,(H2,18,20,21);1H. The SMILES string of the molecule is CCNC(=NCc1ccnc(OCC(F)(F)F)c1)NCCSC.I. The molecule has 10 heteroatoms. The predicted molar refractivity (Wildman–Crippen MR) is 102 cm³/mol. The Morgan fingerprint density at radius 2 is 2.12 bits per heavy atom. The first-order valence-corrected chi connectivity index (χ1v) is 8.49. The summed E-state index contributed by atoms with van der Waals surface area (Å²) < 4.78 is 41.0. The molecule has 0 spiro atoms. The summed E-state index contributed by atoms with van der Waals surface area (Å²) in [5.41, 5.74) is 0.722. The minimum atomic E-state index is -4.38. The summed E-state index contributed by atoms with van der Waals surface area (Å²) in [6.07, 6.45) is -0.953. The van der Waals surface area contributed by atoms with Crippen molar-refractivity contribution in [1.29, 1.82) is 0 Å². The minimum absolute atomic E-state index is 0. The molecule has 5 nitrogen and oxygen atoms in total. The fraction of sp³-hybridized carbons (Fsp3) is 0.571. The Bertz CT molecular complexity index is 503. The number of aromatic nitrogens is 1. The summed E-state index contributed by atoms with van der Waals surface area (Å²) in [6, 6.07) is 3.15. The summed E-state index contributed by atoms with van der Waals surface area (Å²) in [6.45, 7) is 2.43. The van der Waals surface area contributed by atoms with Gasteiger partial charge in [-0.15, -0.1) is 24.0 Å². The van der Waals surface area contributed by atoms with E-state index >= 15 is 0 Å². The van der Waals surface area contributed by atoms with Gasteiger partial charge in [-0.3, -0.25) is 0 Å². The van der Waals surface area contributed by atoms with Crippen molar-refractivity contribution in [2.75, 3.05) is 31.7 Å². The Balaban J connectivity index is 0.00000529. The van der Waals surface area contributed by atoms with E-state index in [0.717, 1.165) is 24.4 Å². The van der Waals surface area contributed by atoms with Gasteiger partial charge in [0.15, 0.2) is 12.6 Å². The van der Waals surface area contributed by atoms with Gasteiger partial charge < -0.3 is 15.4 Å². The maximum atomic E-state index is 12.1. The zero-order valence-electron chi connectivity index (χ0n) is 13.5. The molecule has 0 aliphatic rings. The number of pyridine rings is 1. The second-order valence-corrected chi connectivity index (χ2v) is 5.51. The molecule has 0 amide bonds. The Kier molecular flexibility index (Phi) is 12.0. The van der Waals surface area contributed by atoms with Crippen LogP contribution in [0.1, 0.15) is 12.5 Å². The first-order chi connectivity index (χ1) is 10.9. The number of aliphatic imine (C=N–C) groups is 1. The molecule has 0 atom stereocenters. The van der Waals surface area contributed by atoms with E-state index in [2.05, 4.69) is 25.3 Å². The van der Waals surface area contributed by atoms with Gasteiger partial charge in [0.25, 0.3) is 0 Å². The molecule has 0 fully saturated rings. The highest BCUT2D eigenvalue weighted by Gasteiger charge is 2.28. The lowest BCUT2D eigenvalue weighted by Gasteiger charge is -2.11. The number of thioether (sulfide) groups is 1. The number of hydrogen-bond donors (Lipinski definition) is 2. The van der Waals surface area contributed by atoms with Crippen LogP contribution in [-0.2, 0) is 6.54 Å². The highest BCUT2D eigenvalue weighted by Crippen LogP contribution is 2.17. The van der Waals surface area contributed by atoms with Crippen LogP contribution in [0.15, 0.2) is 23.3 Å². The first-order valence-electron chi connectivity index (χ1n) is 7.10. The third-order valence-corrected chi connectivity index (χ3v) is 3.16. The van der Waals surface area contributed by atoms with E-state index in [9.17, 15) is 13.2 Å². The van der Waals surface area contributed by atoms with Crippen molar-refractivity contribution < 1.29 is 17.9 Å². The maximum Gasteiger partial charge on any atom is 0.422 e. The Hall–Kier alpha value is -0.910. The van der Waals surface area contributed by atoms with E-state index in [-0.39, 0.29) is 29.9 Å². The molecule has 2 N–H and O–H groups in total. The second kappa shape index (κ2) is 12.5. The van der Waals surface area contributed by atoms with Gasteiger partial charge in [0, 0.05) is 31.1 Å². The second-order valence-electron chi connectivity index (χ2n) is 4.52. The number of guanidine groups is 1. The lowest BCUT2D eigenvalue weighted by Crippen LogP contribution is -2.38. The van der Waals surface area contributed by atoms with Gasteiger partial charge in [-0.05, 0) is 24.8 Å². The highest BCUT2D eigenvalue weighted by molar-refractivity contribution is 14.0. The largest absolute Gasteiger partial charge is 0.468 e. The third kappa shape index (κ3) is 10.8. The summed E-state index contributed by atoms with van der Waals surface area (Å²) in [5.74, 6) is 1.56. The third-order valence-electron chi connectivity index (χ3n) is 2.55. The van der Waals surface area contributed by atoms with Crippen LogP contribution in [0, 0.1) is 0 Å². The summed E-state index contributed by atoms with van der Waals surface area (Å²) in [5, 5.41) is 6.28. The van der Waals surface area contributed by atoms with Crippen LogP contribution in [0.5, 0.6) is 5.88 Å². The van der Waals surface area contributed by atoms with Gasteiger partial charge in [0.2, 0.25) is 5.88 Å². The van der Waals surface area contributed by atoms with Crippen LogP contribution in [0.3, 0.4) is 0 Å². The van der Waals surface area contributed by atoms with Crippen molar-refractivity contribution in [3.8, 4) is 5.88 Å². The summed E-state index contributed by atoms with van der Waals surface area (Å²) in [7, 11) is 0. The van der Waals surface area contributed by atoms with Crippen molar-refractivity contribution in [1.82, 2.24) is 15.6 Å². The van der Waals surface area contributed by atoms with E-state index in [4.69, 9.17) is 0 Å². The van der Waals surface area contributed by atoms with Gasteiger partial charge >= 0.3 is 6.18 Å². The summed E-state index contributed by atoms with van der Waals surface area (Å²) in [4.78, 5) is 8.15. The predicted octanol–water partition coefficient (Wildman–Crippen LogP) is 3.06. The maximum absolute atomic E-state index is 12.1. The van der Waals surface area contributed by atoms with Crippen molar-refractivity contribution in [2.24, 2.45) is 4.99 Å². The number of alkyl halides is 3. The fourth-order valence-corrected chi connectivity index (χ4v) is 1.87. The monoisotopic (exact) mass is 478 g/mol. The van der Waals surface area contributed by atoms with Crippen LogP contribution in [0.25, 0.3) is 0 Å². The lowest BCUT2D eigenvalue weighted by atomic mass is 10.3. The highest BCUT2D eigenvalue weighted by atomic mass is 127. The average Bonchev–Trinajstić information content (AvgIpc) is 2.50. The quantitative estimate of drug-likeness (QED) is 0.261.